The van der Waals surface area contributed by atoms with Crippen molar-refractivity contribution < 1.29 is 0 Å². The Hall–Kier alpha value is 0.980. The lowest BCUT2D eigenvalue weighted by Crippen LogP contribution is -1.88. The molecule has 0 atom stereocenters. The Morgan fingerprint density at radius 1 is 0.654 bits per heavy atom. The maximum absolute atomic E-state index is 2.44. The van der Waals surface area contributed by atoms with Gasteiger partial charge in [-0.25, -0.2) is 0 Å². The molecule has 0 bridgehead atoms. The molecule has 0 saturated carbocycles. The average Bonchev–Trinajstić information content (AvgIpc) is 3.30. The quantitative estimate of drug-likeness (QED) is 0.403. The Kier molecular flexibility index (Phi) is 6.40. The van der Waals surface area contributed by atoms with E-state index in [0.29, 0.717) is 0 Å². The van der Waals surface area contributed by atoms with Crippen LogP contribution in [0.3, 0.4) is 0 Å². The molecule has 0 aromatic heterocycles. The highest BCUT2D eigenvalue weighted by Gasteiger charge is 2.29. The Balaban J connectivity index is 1.49. The number of hydrogen-bond donors (Lipinski definition) is 0. The van der Waals surface area contributed by atoms with Crippen LogP contribution < -0.4 is 0 Å². The van der Waals surface area contributed by atoms with Gasteiger partial charge in [0.15, 0.2) is 0 Å². The lowest BCUT2D eigenvalue weighted by atomic mass is 10.1. The van der Waals surface area contributed by atoms with Crippen LogP contribution in [0.2, 0.25) is 0 Å². The normalized spacial score (nSPS) is 22.6. The molecule has 0 unspecified atom stereocenters. The summed E-state index contributed by atoms with van der Waals surface area (Å²) in [5, 5.41) is 0. The van der Waals surface area contributed by atoms with E-state index in [4.69, 9.17) is 0 Å². The highest BCUT2D eigenvalue weighted by atomic mass is 32.3. The lowest BCUT2D eigenvalue weighted by Gasteiger charge is -2.08. The molecule has 134 valence electrons. The molecule has 0 N–H and O–H groups in total. The maximum atomic E-state index is 2.44. The molecule has 0 spiro atoms. The van der Waals surface area contributed by atoms with Gasteiger partial charge in [0.25, 0.3) is 0 Å². The van der Waals surface area contributed by atoms with Crippen LogP contribution in [0.5, 0.6) is 0 Å². The number of hydrogen-bond acceptors (Lipinski definition) is 8. The van der Waals surface area contributed by atoms with Gasteiger partial charge in [-0.05, 0) is 11.6 Å². The van der Waals surface area contributed by atoms with E-state index in [1.165, 1.54) is 59.6 Å². The van der Waals surface area contributed by atoms with E-state index in [2.05, 4.69) is 36.4 Å². The van der Waals surface area contributed by atoms with Crippen molar-refractivity contribution in [3.8, 4) is 0 Å². The van der Waals surface area contributed by atoms with Crippen LogP contribution in [0.1, 0.15) is 5.56 Å². The molecular weight excluding hydrogens is 473 g/mol. The van der Waals surface area contributed by atoms with Crippen LogP contribution in [0, 0.1) is 0 Å². The molecule has 8 heteroatoms. The van der Waals surface area contributed by atoms with Crippen molar-refractivity contribution in [3.05, 3.63) is 67.4 Å². The van der Waals surface area contributed by atoms with Crippen LogP contribution in [-0.4, -0.2) is 23.0 Å². The molecule has 1 aromatic carbocycles. The highest BCUT2D eigenvalue weighted by Crippen LogP contribution is 2.63. The molecule has 4 aliphatic heterocycles. The van der Waals surface area contributed by atoms with E-state index in [9.17, 15) is 0 Å². The van der Waals surface area contributed by atoms with Crippen LogP contribution in [0.25, 0.3) is 5.57 Å². The molecule has 0 fully saturated rings. The van der Waals surface area contributed by atoms with E-state index in [1.54, 1.807) is 0 Å². The summed E-state index contributed by atoms with van der Waals surface area (Å²) in [6.45, 7) is 0. The first-order valence-electron chi connectivity index (χ1n) is 8.09. The Morgan fingerprint density at radius 3 is 1.69 bits per heavy atom. The molecule has 26 heavy (non-hydrogen) atoms. The van der Waals surface area contributed by atoms with Crippen molar-refractivity contribution in [2.75, 3.05) is 23.0 Å². The standard InChI is InChI=1S/C18H14S8/c1-2-4-11(5-3-1)12(14-25-17-18(26-14)22-9-8-21-17)10-13-23-15-16(24-13)20-7-6-19-15/h1-5,10H,6-9H2. The summed E-state index contributed by atoms with van der Waals surface area (Å²) >= 11 is 16.0. The van der Waals surface area contributed by atoms with Crippen LogP contribution in [0.4, 0.5) is 0 Å². The van der Waals surface area contributed by atoms with Gasteiger partial charge in [-0.15, -0.1) is 47.0 Å². The molecule has 4 heterocycles. The van der Waals surface area contributed by atoms with E-state index in [1.807, 2.05) is 94.1 Å². The van der Waals surface area contributed by atoms with Crippen LogP contribution >= 0.6 is 94.1 Å². The number of benzene rings is 1. The molecule has 0 amide bonds. The second-order valence-corrected chi connectivity index (χ2v) is 15.6. The van der Waals surface area contributed by atoms with Crippen LogP contribution in [-0.2, 0) is 0 Å². The van der Waals surface area contributed by atoms with Crippen molar-refractivity contribution in [3.63, 3.8) is 0 Å². The second kappa shape index (κ2) is 8.78. The van der Waals surface area contributed by atoms with Crippen molar-refractivity contribution in [2.45, 2.75) is 0 Å². The van der Waals surface area contributed by atoms with Gasteiger partial charge in [0.2, 0.25) is 0 Å². The third-order valence-electron chi connectivity index (χ3n) is 3.76. The van der Waals surface area contributed by atoms with Gasteiger partial charge in [-0.2, -0.15) is 0 Å². The van der Waals surface area contributed by atoms with Gasteiger partial charge < -0.3 is 0 Å². The first kappa shape index (κ1) is 19.0. The molecule has 0 nitrogen and oxygen atoms in total. The van der Waals surface area contributed by atoms with Crippen molar-refractivity contribution in [2.24, 2.45) is 0 Å². The SMILES string of the molecule is C(=C1SC2=C(SCCS2)S1)C(=C1SC2=C(SCCS2)S1)c1ccccc1. The summed E-state index contributed by atoms with van der Waals surface area (Å²) in [6.07, 6.45) is 2.44. The van der Waals surface area contributed by atoms with E-state index < -0.39 is 0 Å². The second-order valence-electron chi connectivity index (χ2n) is 5.48. The van der Waals surface area contributed by atoms with Gasteiger partial charge in [-0.1, -0.05) is 77.4 Å². The largest absolute Gasteiger partial charge is 0.116 e. The van der Waals surface area contributed by atoms with Gasteiger partial charge in [0, 0.05) is 28.6 Å². The summed E-state index contributed by atoms with van der Waals surface area (Å²) in [7, 11) is 0. The molecule has 5 rings (SSSR count). The van der Waals surface area contributed by atoms with E-state index >= 15 is 0 Å². The third-order valence-corrected chi connectivity index (χ3v) is 15.2. The van der Waals surface area contributed by atoms with Crippen LogP contribution in [0.15, 0.2) is 61.8 Å². The monoisotopic (exact) mass is 486 g/mol. The Bertz CT molecular complexity index is 809. The predicted octanol–water partition coefficient (Wildman–Crippen LogP) is 8.37. The maximum Gasteiger partial charge on any atom is 0.0660 e. The minimum atomic E-state index is 1.24. The number of allylic oxidation sites excluding steroid dienone is 2. The van der Waals surface area contributed by atoms with Gasteiger partial charge in [-0.3, -0.25) is 0 Å². The molecule has 0 radical (unpaired) electrons. The molecule has 4 aliphatic rings. The van der Waals surface area contributed by atoms with E-state index in [0.717, 1.165) is 0 Å². The van der Waals surface area contributed by atoms with E-state index in [-0.39, 0.29) is 0 Å². The zero-order chi connectivity index (χ0) is 17.3. The zero-order valence-corrected chi connectivity index (χ0v) is 20.1. The number of rotatable bonds is 2. The number of thioether (sulfide) groups is 8. The molecule has 0 aliphatic carbocycles. The minimum Gasteiger partial charge on any atom is -0.116 e. The first-order chi connectivity index (χ1) is 12.9. The predicted molar refractivity (Wildman–Crippen MR) is 136 cm³/mol. The summed E-state index contributed by atoms with van der Waals surface area (Å²) in [5.41, 5.74) is 2.72. The fraction of sp³-hybridized carbons (Fsp3) is 0.222. The Morgan fingerprint density at radius 2 is 1.15 bits per heavy atom. The van der Waals surface area contributed by atoms with Crippen molar-refractivity contribution in [1.82, 2.24) is 0 Å². The summed E-state index contributed by atoms with van der Waals surface area (Å²) in [4.78, 5) is 0. The fourth-order valence-electron chi connectivity index (χ4n) is 2.62. The first-order valence-corrected chi connectivity index (χ1v) is 15.3. The van der Waals surface area contributed by atoms with Gasteiger partial charge in [0.05, 0.1) is 25.4 Å². The molecule has 1 aromatic rings. The summed E-state index contributed by atoms with van der Waals surface area (Å²) in [6, 6.07) is 10.9. The smallest absolute Gasteiger partial charge is 0.0660 e. The zero-order valence-electron chi connectivity index (χ0n) is 13.6. The molecular formula is C18H14S8. The van der Waals surface area contributed by atoms with Crippen molar-refractivity contribution >= 4 is 99.7 Å². The highest BCUT2D eigenvalue weighted by molar-refractivity contribution is 8.42. The lowest BCUT2D eigenvalue weighted by molar-refractivity contribution is 1.56. The summed E-state index contributed by atoms with van der Waals surface area (Å²) in [5.74, 6) is 4.97. The molecule has 0 saturated heterocycles. The van der Waals surface area contributed by atoms with Crippen molar-refractivity contribution in [1.29, 1.82) is 0 Å². The van der Waals surface area contributed by atoms with Gasteiger partial charge in [0.1, 0.15) is 0 Å². The minimum absolute atomic E-state index is 1.24. The van der Waals surface area contributed by atoms with Gasteiger partial charge >= 0.3 is 0 Å². The summed E-state index contributed by atoms with van der Waals surface area (Å²) < 4.78 is 8.94. The third kappa shape index (κ3) is 4.13. The average molecular weight is 487 g/mol. The topological polar surface area (TPSA) is 0 Å². The Labute approximate surface area is 188 Å². The fourth-order valence-corrected chi connectivity index (χ4v) is 14.5.